The van der Waals surface area contributed by atoms with E-state index in [-0.39, 0.29) is 10.9 Å². The van der Waals surface area contributed by atoms with Gasteiger partial charge >= 0.3 is 6.01 Å². The van der Waals surface area contributed by atoms with Crippen molar-refractivity contribution >= 4 is 25.8 Å². The molecule has 1 aromatic heterocycles. The Bertz CT molecular complexity index is 708. The van der Waals surface area contributed by atoms with E-state index in [2.05, 4.69) is 26.0 Å². The fourth-order valence-electron chi connectivity index (χ4n) is 1.55. The summed E-state index contributed by atoms with van der Waals surface area (Å²) in [4.78, 5) is 4.37. The second-order valence-electron chi connectivity index (χ2n) is 4.55. The zero-order valence-corrected chi connectivity index (χ0v) is 13.6. The Morgan fingerprint density at radius 3 is 2.35 bits per heavy atom. The standard InChI is InChI=1S/C12H14BrN3O3S/c1-8(2)16-12(14-11(13)15-16)19-9-4-6-10(7-5-9)20(3,17)18/h4-8H,1-3H3. The van der Waals surface area contributed by atoms with Gasteiger partial charge in [0.2, 0.25) is 4.73 Å². The molecule has 1 aromatic carbocycles. The number of nitrogens with zero attached hydrogens (tertiary/aromatic N) is 3. The number of hydrogen-bond acceptors (Lipinski definition) is 5. The van der Waals surface area contributed by atoms with Gasteiger partial charge in [-0.25, -0.2) is 13.1 Å². The van der Waals surface area contributed by atoms with Gasteiger partial charge < -0.3 is 4.74 Å². The van der Waals surface area contributed by atoms with Gasteiger partial charge in [-0.05, 0) is 54.0 Å². The maximum Gasteiger partial charge on any atom is 0.321 e. The Kier molecular flexibility index (Phi) is 4.14. The molecular weight excluding hydrogens is 346 g/mol. The summed E-state index contributed by atoms with van der Waals surface area (Å²) in [6.45, 7) is 3.92. The maximum absolute atomic E-state index is 11.4. The van der Waals surface area contributed by atoms with Crippen LogP contribution in [0.5, 0.6) is 11.8 Å². The van der Waals surface area contributed by atoms with Crippen molar-refractivity contribution in [1.82, 2.24) is 14.8 Å². The summed E-state index contributed by atoms with van der Waals surface area (Å²) in [5.74, 6) is 0.499. The number of aromatic nitrogens is 3. The smallest absolute Gasteiger partial charge is 0.321 e. The number of ether oxygens (including phenoxy) is 1. The Balaban J connectivity index is 2.27. The zero-order valence-electron chi connectivity index (χ0n) is 11.2. The highest BCUT2D eigenvalue weighted by atomic mass is 79.9. The van der Waals surface area contributed by atoms with E-state index < -0.39 is 9.84 Å². The van der Waals surface area contributed by atoms with Crippen LogP contribution in [0.1, 0.15) is 19.9 Å². The monoisotopic (exact) mass is 359 g/mol. The molecule has 0 aliphatic carbocycles. The van der Waals surface area contributed by atoms with Crippen LogP contribution in [0.2, 0.25) is 0 Å². The Morgan fingerprint density at radius 1 is 1.25 bits per heavy atom. The van der Waals surface area contributed by atoms with Gasteiger partial charge in [0, 0.05) is 6.26 Å². The summed E-state index contributed by atoms with van der Waals surface area (Å²) in [5.41, 5.74) is 0. The minimum absolute atomic E-state index is 0.0964. The van der Waals surface area contributed by atoms with Gasteiger partial charge in [-0.2, -0.15) is 4.98 Å². The fourth-order valence-corrected chi connectivity index (χ4v) is 2.50. The van der Waals surface area contributed by atoms with Gasteiger partial charge in [-0.3, -0.25) is 0 Å². The minimum atomic E-state index is -3.21. The van der Waals surface area contributed by atoms with Crippen LogP contribution in [-0.4, -0.2) is 29.4 Å². The van der Waals surface area contributed by atoms with E-state index in [1.54, 1.807) is 16.8 Å². The summed E-state index contributed by atoms with van der Waals surface area (Å²) in [7, 11) is -3.21. The van der Waals surface area contributed by atoms with Gasteiger partial charge in [-0.1, -0.05) is 0 Å². The molecule has 0 amide bonds. The van der Waals surface area contributed by atoms with Gasteiger partial charge in [0.05, 0.1) is 10.9 Å². The first kappa shape index (κ1) is 15.0. The predicted octanol–water partition coefficient (Wildman–Crippen LogP) is 2.82. The lowest BCUT2D eigenvalue weighted by atomic mass is 10.3. The molecule has 0 atom stereocenters. The Hall–Kier alpha value is -1.41. The molecule has 0 fully saturated rings. The third-order valence-electron chi connectivity index (χ3n) is 2.52. The molecule has 0 radical (unpaired) electrons. The number of hydrogen-bond donors (Lipinski definition) is 0. The van der Waals surface area contributed by atoms with Crippen LogP contribution in [0.3, 0.4) is 0 Å². The summed E-state index contributed by atoms with van der Waals surface area (Å²) in [5, 5.41) is 4.16. The first-order chi connectivity index (χ1) is 9.27. The van der Waals surface area contributed by atoms with Crippen LogP contribution in [0, 0.1) is 0 Å². The molecule has 0 bridgehead atoms. The molecule has 0 aliphatic rings. The minimum Gasteiger partial charge on any atom is -0.424 e. The van der Waals surface area contributed by atoms with Crippen molar-refractivity contribution in [2.45, 2.75) is 24.8 Å². The largest absolute Gasteiger partial charge is 0.424 e. The summed E-state index contributed by atoms with van der Waals surface area (Å²) in [6, 6.07) is 6.61. The average molecular weight is 360 g/mol. The van der Waals surface area contributed by atoms with E-state index in [0.717, 1.165) is 6.26 Å². The Labute approximate surface area is 125 Å². The van der Waals surface area contributed by atoms with Crippen LogP contribution in [-0.2, 0) is 9.84 Å². The highest BCUT2D eigenvalue weighted by Gasteiger charge is 2.14. The molecule has 0 aliphatic heterocycles. The number of sulfone groups is 1. The van der Waals surface area contributed by atoms with E-state index in [9.17, 15) is 8.42 Å². The second-order valence-corrected chi connectivity index (χ2v) is 7.27. The number of halogens is 1. The molecule has 8 heteroatoms. The predicted molar refractivity (Wildman–Crippen MR) is 77.7 cm³/mol. The highest BCUT2D eigenvalue weighted by Crippen LogP contribution is 2.24. The third-order valence-corrected chi connectivity index (χ3v) is 3.99. The molecule has 0 N–H and O–H groups in total. The zero-order chi connectivity index (χ0) is 14.9. The first-order valence-electron chi connectivity index (χ1n) is 5.87. The lowest BCUT2D eigenvalue weighted by molar-refractivity contribution is 0.376. The lowest BCUT2D eigenvalue weighted by Crippen LogP contribution is -2.05. The molecule has 20 heavy (non-hydrogen) atoms. The van der Waals surface area contributed by atoms with Crippen LogP contribution < -0.4 is 4.74 Å². The van der Waals surface area contributed by atoms with Crippen molar-refractivity contribution in [3.63, 3.8) is 0 Å². The summed E-state index contributed by atoms with van der Waals surface area (Å²) < 4.78 is 30.4. The molecule has 0 unspecified atom stereocenters. The topological polar surface area (TPSA) is 74.1 Å². The first-order valence-corrected chi connectivity index (χ1v) is 8.56. The lowest BCUT2D eigenvalue weighted by Gasteiger charge is -2.09. The van der Waals surface area contributed by atoms with Gasteiger partial charge in [0.25, 0.3) is 0 Å². The maximum atomic E-state index is 11.4. The van der Waals surface area contributed by atoms with E-state index in [1.165, 1.54) is 12.1 Å². The van der Waals surface area contributed by atoms with E-state index in [1.807, 2.05) is 13.8 Å². The number of benzene rings is 1. The molecule has 0 saturated carbocycles. The second kappa shape index (κ2) is 5.53. The fraction of sp³-hybridized carbons (Fsp3) is 0.333. The average Bonchev–Trinajstić information content (AvgIpc) is 2.70. The van der Waals surface area contributed by atoms with Crippen LogP contribution in [0.15, 0.2) is 33.9 Å². The molecule has 2 aromatic rings. The van der Waals surface area contributed by atoms with Crippen molar-refractivity contribution < 1.29 is 13.2 Å². The summed E-state index contributed by atoms with van der Waals surface area (Å²) in [6.07, 6.45) is 1.16. The van der Waals surface area contributed by atoms with Crippen LogP contribution >= 0.6 is 15.9 Å². The van der Waals surface area contributed by atoms with Crippen molar-refractivity contribution in [2.75, 3.05) is 6.26 Å². The molecule has 2 rings (SSSR count). The van der Waals surface area contributed by atoms with Crippen molar-refractivity contribution in [3.05, 3.63) is 29.0 Å². The van der Waals surface area contributed by atoms with Gasteiger partial charge in [-0.15, -0.1) is 5.10 Å². The highest BCUT2D eigenvalue weighted by molar-refractivity contribution is 9.10. The Morgan fingerprint density at radius 2 is 1.85 bits per heavy atom. The molecule has 1 heterocycles. The molecule has 108 valence electrons. The quantitative estimate of drug-likeness (QED) is 0.838. The van der Waals surface area contributed by atoms with Crippen LogP contribution in [0.4, 0.5) is 0 Å². The molecule has 6 nitrogen and oxygen atoms in total. The van der Waals surface area contributed by atoms with Gasteiger partial charge in [0.1, 0.15) is 5.75 Å². The van der Waals surface area contributed by atoms with Crippen LogP contribution in [0.25, 0.3) is 0 Å². The van der Waals surface area contributed by atoms with Crippen molar-refractivity contribution in [3.8, 4) is 11.8 Å². The van der Waals surface area contributed by atoms with Gasteiger partial charge in [0.15, 0.2) is 9.84 Å². The van der Waals surface area contributed by atoms with Crippen molar-refractivity contribution in [1.29, 1.82) is 0 Å². The number of rotatable bonds is 4. The molecule has 0 spiro atoms. The SMILES string of the molecule is CC(C)n1nc(Br)nc1Oc1ccc(S(C)(=O)=O)cc1. The van der Waals surface area contributed by atoms with E-state index >= 15 is 0 Å². The third kappa shape index (κ3) is 3.37. The molecule has 0 saturated heterocycles. The molecular formula is C12H14BrN3O3S. The van der Waals surface area contributed by atoms with E-state index in [0.29, 0.717) is 16.5 Å². The van der Waals surface area contributed by atoms with Crippen molar-refractivity contribution in [2.24, 2.45) is 0 Å². The van der Waals surface area contributed by atoms with E-state index in [4.69, 9.17) is 4.74 Å². The summed E-state index contributed by atoms with van der Waals surface area (Å²) >= 11 is 3.20. The normalized spacial score (nSPS) is 11.8.